The molecule has 39 heavy (non-hydrogen) atoms. The number of fused-ring (bicyclic) bond motifs is 2. The van der Waals surface area contributed by atoms with Crippen molar-refractivity contribution < 1.29 is 13.6 Å². The number of anilines is 1. The maximum absolute atomic E-state index is 16.1. The van der Waals surface area contributed by atoms with Crippen LogP contribution >= 0.6 is 0 Å². The lowest BCUT2D eigenvalue weighted by Crippen LogP contribution is -2.27. The maximum atomic E-state index is 16.1. The molecule has 194 valence electrons. The highest BCUT2D eigenvalue weighted by Gasteiger charge is 2.23. The van der Waals surface area contributed by atoms with Gasteiger partial charge in [0.15, 0.2) is 11.5 Å². The molecule has 0 aliphatic rings. The largest absolute Gasteiger partial charge is 0.335 e. The van der Waals surface area contributed by atoms with Crippen molar-refractivity contribution in [3.63, 3.8) is 0 Å². The molecular formula is C29H23F2N7O. The summed E-state index contributed by atoms with van der Waals surface area (Å²) in [5.41, 5.74) is 3.75. The van der Waals surface area contributed by atoms with Crippen LogP contribution in [0.3, 0.4) is 0 Å². The molecule has 6 rings (SSSR count). The van der Waals surface area contributed by atoms with Crippen molar-refractivity contribution in [3.8, 4) is 33.8 Å². The quantitative estimate of drug-likeness (QED) is 0.244. The van der Waals surface area contributed by atoms with Gasteiger partial charge in [0.25, 0.3) is 0 Å². The minimum atomic E-state index is -0.595. The van der Waals surface area contributed by atoms with Crippen LogP contribution < -0.4 is 5.32 Å². The molecule has 0 aliphatic carbocycles. The van der Waals surface area contributed by atoms with Crippen molar-refractivity contribution in [1.82, 2.24) is 30.1 Å². The Balaban J connectivity index is 1.44. The molecule has 0 unspecified atom stereocenters. The zero-order valence-electron chi connectivity index (χ0n) is 21.3. The van der Waals surface area contributed by atoms with Gasteiger partial charge < -0.3 is 10.3 Å². The number of aromatic nitrogens is 6. The number of halogens is 2. The smallest absolute Gasteiger partial charge is 0.229 e. The van der Waals surface area contributed by atoms with E-state index in [0.29, 0.717) is 50.4 Å². The fourth-order valence-electron chi connectivity index (χ4n) is 4.36. The second-order valence-corrected chi connectivity index (χ2v) is 10.2. The Labute approximate surface area is 221 Å². The van der Waals surface area contributed by atoms with Crippen LogP contribution in [0.2, 0.25) is 0 Å². The van der Waals surface area contributed by atoms with Crippen LogP contribution in [-0.4, -0.2) is 36.0 Å². The first kappa shape index (κ1) is 24.4. The lowest BCUT2D eigenvalue weighted by atomic mass is 9.95. The summed E-state index contributed by atoms with van der Waals surface area (Å²) in [4.78, 5) is 28.7. The summed E-state index contributed by atoms with van der Waals surface area (Å²) in [7, 11) is 0. The fraction of sp³-hybridized carbons (Fsp3) is 0.138. The summed E-state index contributed by atoms with van der Waals surface area (Å²) in [6.45, 7) is 5.42. The summed E-state index contributed by atoms with van der Waals surface area (Å²) in [6.07, 6.45) is 4.64. The van der Waals surface area contributed by atoms with Crippen molar-refractivity contribution in [3.05, 3.63) is 78.8 Å². The molecule has 4 aromatic heterocycles. The van der Waals surface area contributed by atoms with Gasteiger partial charge >= 0.3 is 0 Å². The number of aromatic amines is 2. The summed E-state index contributed by atoms with van der Waals surface area (Å²) >= 11 is 0. The summed E-state index contributed by atoms with van der Waals surface area (Å²) in [6, 6.07) is 13.0. The van der Waals surface area contributed by atoms with Gasteiger partial charge in [-0.15, -0.1) is 0 Å². The monoisotopic (exact) mass is 523 g/mol. The van der Waals surface area contributed by atoms with Crippen LogP contribution in [0.5, 0.6) is 0 Å². The number of rotatable bonds is 4. The minimum Gasteiger partial charge on any atom is -0.335 e. The standard InChI is InChI=1S/C29H23F2N7O/c1-29(2,3)28(39)34-18-12-16(13-32-14-18)19-7-8-21-22(23(19)31)25(38-37-21)27-35-24-20(9-10-33-26(24)36-27)15-5-4-6-17(30)11-15/h4-14H,1-3H3,(H,34,39)(H,37,38)(H,33,35,36). The zero-order valence-corrected chi connectivity index (χ0v) is 21.3. The van der Waals surface area contributed by atoms with E-state index in [4.69, 9.17) is 0 Å². The van der Waals surface area contributed by atoms with E-state index >= 15 is 4.39 Å². The summed E-state index contributed by atoms with van der Waals surface area (Å²) in [5, 5.41) is 10.3. The number of pyridine rings is 2. The number of carbonyl (C=O) groups is 1. The Morgan fingerprint density at radius 3 is 2.62 bits per heavy atom. The SMILES string of the molecule is CC(C)(C)C(=O)Nc1cncc(-c2ccc3[nH]nc(-c4nc5nccc(-c6cccc(F)c6)c5[nH]4)c3c2F)c1. The van der Waals surface area contributed by atoms with Gasteiger partial charge in [0.05, 0.1) is 28.3 Å². The molecule has 4 heterocycles. The van der Waals surface area contributed by atoms with E-state index in [1.54, 1.807) is 42.6 Å². The number of hydrogen-bond donors (Lipinski definition) is 3. The van der Waals surface area contributed by atoms with E-state index in [-0.39, 0.29) is 22.8 Å². The average Bonchev–Trinajstić information content (AvgIpc) is 3.53. The Morgan fingerprint density at radius 2 is 1.82 bits per heavy atom. The van der Waals surface area contributed by atoms with Crippen molar-refractivity contribution >= 4 is 33.7 Å². The first-order chi connectivity index (χ1) is 18.7. The Kier molecular flexibility index (Phi) is 5.67. The molecule has 0 saturated carbocycles. The normalized spacial score (nSPS) is 11.8. The molecular weight excluding hydrogens is 500 g/mol. The van der Waals surface area contributed by atoms with E-state index < -0.39 is 11.2 Å². The molecule has 3 N–H and O–H groups in total. The minimum absolute atomic E-state index is 0.175. The molecule has 0 spiro atoms. The number of imidazole rings is 1. The van der Waals surface area contributed by atoms with Gasteiger partial charge in [0.1, 0.15) is 17.3 Å². The molecule has 0 aliphatic heterocycles. The fourth-order valence-corrected chi connectivity index (χ4v) is 4.36. The van der Waals surface area contributed by atoms with E-state index in [0.717, 1.165) is 0 Å². The number of benzene rings is 2. The molecule has 10 heteroatoms. The highest BCUT2D eigenvalue weighted by molar-refractivity contribution is 5.98. The number of H-pyrrole nitrogens is 2. The van der Waals surface area contributed by atoms with Gasteiger partial charge in [-0.05, 0) is 42.0 Å². The van der Waals surface area contributed by atoms with E-state index in [2.05, 4.69) is 35.5 Å². The number of amides is 1. The highest BCUT2D eigenvalue weighted by atomic mass is 19.1. The van der Waals surface area contributed by atoms with Crippen molar-refractivity contribution in [2.24, 2.45) is 5.41 Å². The lowest BCUT2D eigenvalue weighted by Gasteiger charge is -2.17. The molecule has 0 bridgehead atoms. The topological polar surface area (TPSA) is 112 Å². The van der Waals surface area contributed by atoms with E-state index in [1.165, 1.54) is 24.5 Å². The van der Waals surface area contributed by atoms with Gasteiger partial charge in [-0.2, -0.15) is 5.10 Å². The van der Waals surface area contributed by atoms with Crippen LogP contribution in [0.25, 0.3) is 55.8 Å². The van der Waals surface area contributed by atoms with Crippen LogP contribution in [0, 0.1) is 17.0 Å². The van der Waals surface area contributed by atoms with Crippen molar-refractivity contribution in [2.75, 3.05) is 5.32 Å². The Morgan fingerprint density at radius 1 is 0.974 bits per heavy atom. The molecule has 6 aromatic rings. The maximum Gasteiger partial charge on any atom is 0.229 e. The number of hydrogen-bond acceptors (Lipinski definition) is 5. The molecule has 8 nitrogen and oxygen atoms in total. The van der Waals surface area contributed by atoms with Crippen LogP contribution in [-0.2, 0) is 4.79 Å². The lowest BCUT2D eigenvalue weighted by molar-refractivity contribution is -0.123. The third kappa shape index (κ3) is 4.39. The number of nitrogens with one attached hydrogen (secondary N) is 3. The van der Waals surface area contributed by atoms with Crippen molar-refractivity contribution in [1.29, 1.82) is 0 Å². The van der Waals surface area contributed by atoms with Crippen molar-refractivity contribution in [2.45, 2.75) is 20.8 Å². The van der Waals surface area contributed by atoms with Crippen LogP contribution in [0.4, 0.5) is 14.5 Å². The molecule has 0 atom stereocenters. The molecule has 0 saturated heterocycles. The van der Waals surface area contributed by atoms with Crippen LogP contribution in [0.15, 0.2) is 67.1 Å². The predicted octanol–water partition coefficient (Wildman–Crippen LogP) is 6.49. The predicted molar refractivity (Wildman–Crippen MR) is 146 cm³/mol. The second-order valence-electron chi connectivity index (χ2n) is 10.2. The van der Waals surface area contributed by atoms with Gasteiger partial charge in [-0.25, -0.2) is 18.7 Å². The molecule has 0 fully saturated rings. The summed E-state index contributed by atoms with van der Waals surface area (Å²) in [5.74, 6) is -0.740. The zero-order chi connectivity index (χ0) is 27.3. The van der Waals surface area contributed by atoms with E-state index in [1.807, 2.05) is 20.8 Å². The van der Waals surface area contributed by atoms with Gasteiger partial charge in [0.2, 0.25) is 5.91 Å². The number of carbonyl (C=O) groups excluding carboxylic acids is 1. The molecule has 2 aromatic carbocycles. The average molecular weight is 524 g/mol. The third-order valence-corrected chi connectivity index (χ3v) is 6.41. The second kappa shape index (κ2) is 9.09. The summed E-state index contributed by atoms with van der Waals surface area (Å²) < 4.78 is 30.0. The van der Waals surface area contributed by atoms with Gasteiger partial charge in [-0.1, -0.05) is 32.9 Å². The van der Waals surface area contributed by atoms with E-state index in [9.17, 15) is 9.18 Å². The first-order valence-electron chi connectivity index (χ1n) is 12.2. The van der Waals surface area contributed by atoms with Crippen LogP contribution in [0.1, 0.15) is 20.8 Å². The third-order valence-electron chi connectivity index (χ3n) is 6.41. The first-order valence-corrected chi connectivity index (χ1v) is 12.2. The van der Waals surface area contributed by atoms with Gasteiger partial charge in [-0.3, -0.25) is 14.9 Å². The highest BCUT2D eigenvalue weighted by Crippen LogP contribution is 2.35. The number of nitrogens with zero attached hydrogens (tertiary/aromatic N) is 4. The molecule has 1 amide bonds. The Hall–Kier alpha value is -4.99. The van der Waals surface area contributed by atoms with Gasteiger partial charge in [0, 0.05) is 34.5 Å². The Bertz CT molecular complexity index is 1880. The molecule has 0 radical (unpaired) electrons.